The van der Waals surface area contributed by atoms with Gasteiger partial charge in [0, 0.05) is 19.3 Å². The van der Waals surface area contributed by atoms with E-state index in [1.54, 1.807) is 7.05 Å². The lowest BCUT2D eigenvalue weighted by Gasteiger charge is -1.94. The molecule has 1 aromatic rings. The smallest absolute Gasteiger partial charge is 0.128 e. The van der Waals surface area contributed by atoms with E-state index in [2.05, 4.69) is 0 Å². The topological polar surface area (TPSA) is 28.8 Å². The molecule has 0 bridgehead atoms. The third kappa shape index (κ3) is 1.16. The number of nitrogens with one attached hydrogen (secondary N) is 1. The Balaban J connectivity index is 3.34. The van der Waals surface area contributed by atoms with Crippen molar-refractivity contribution >= 4 is 0 Å². The summed E-state index contributed by atoms with van der Waals surface area (Å²) in [6.07, 6.45) is 1.51. The standard InChI is InChI=1S/C6H7FN2/c1-9-3-2-5(7)4-6(9)8/h2-4,8H,1H3. The van der Waals surface area contributed by atoms with Crippen molar-refractivity contribution in [3.63, 3.8) is 0 Å². The molecule has 0 fully saturated rings. The summed E-state index contributed by atoms with van der Waals surface area (Å²) in [6, 6.07) is 2.48. The number of nitrogens with zero attached hydrogens (tertiary/aromatic N) is 1. The van der Waals surface area contributed by atoms with E-state index in [-0.39, 0.29) is 11.3 Å². The molecule has 48 valence electrons. The van der Waals surface area contributed by atoms with Crippen molar-refractivity contribution in [3.05, 3.63) is 29.6 Å². The van der Waals surface area contributed by atoms with Gasteiger partial charge in [-0.15, -0.1) is 0 Å². The summed E-state index contributed by atoms with van der Waals surface area (Å²) < 4.78 is 13.7. The van der Waals surface area contributed by atoms with Gasteiger partial charge in [-0.1, -0.05) is 0 Å². The maximum absolute atomic E-state index is 12.2. The van der Waals surface area contributed by atoms with E-state index < -0.39 is 0 Å². The number of rotatable bonds is 0. The van der Waals surface area contributed by atoms with Crippen molar-refractivity contribution in [2.75, 3.05) is 0 Å². The summed E-state index contributed by atoms with van der Waals surface area (Å²) >= 11 is 0. The van der Waals surface area contributed by atoms with Crippen LogP contribution in [0, 0.1) is 11.2 Å². The second kappa shape index (κ2) is 2.01. The van der Waals surface area contributed by atoms with Crippen LogP contribution in [0.4, 0.5) is 4.39 Å². The molecule has 0 aliphatic heterocycles. The Kier molecular flexibility index (Phi) is 1.34. The molecule has 0 spiro atoms. The third-order valence-corrected chi connectivity index (χ3v) is 1.11. The molecular weight excluding hydrogens is 119 g/mol. The van der Waals surface area contributed by atoms with Crippen molar-refractivity contribution in [2.24, 2.45) is 7.05 Å². The fourth-order valence-electron chi connectivity index (χ4n) is 0.544. The highest BCUT2D eigenvalue weighted by Gasteiger charge is 1.86. The van der Waals surface area contributed by atoms with Gasteiger partial charge in [-0.3, -0.25) is 5.41 Å². The minimum Gasteiger partial charge on any atom is -0.336 e. The van der Waals surface area contributed by atoms with Gasteiger partial charge < -0.3 is 4.57 Å². The molecule has 2 nitrogen and oxygen atoms in total. The fraction of sp³-hybridized carbons (Fsp3) is 0.167. The first-order chi connectivity index (χ1) is 4.20. The summed E-state index contributed by atoms with van der Waals surface area (Å²) in [6.45, 7) is 0. The van der Waals surface area contributed by atoms with Gasteiger partial charge in [0.05, 0.1) is 0 Å². The van der Waals surface area contributed by atoms with Crippen molar-refractivity contribution in [3.8, 4) is 0 Å². The Labute approximate surface area is 52.1 Å². The quantitative estimate of drug-likeness (QED) is 0.528. The van der Waals surface area contributed by atoms with Crippen LogP contribution in [0.25, 0.3) is 0 Å². The Morgan fingerprint density at radius 3 is 2.78 bits per heavy atom. The van der Waals surface area contributed by atoms with Gasteiger partial charge in [0.25, 0.3) is 0 Å². The van der Waals surface area contributed by atoms with Crippen LogP contribution in [0.2, 0.25) is 0 Å². The molecule has 1 rings (SSSR count). The number of hydrogen-bond donors (Lipinski definition) is 1. The van der Waals surface area contributed by atoms with Gasteiger partial charge in [-0.2, -0.15) is 0 Å². The second-order valence-electron chi connectivity index (χ2n) is 1.84. The van der Waals surface area contributed by atoms with E-state index in [0.717, 1.165) is 0 Å². The summed E-state index contributed by atoms with van der Waals surface area (Å²) in [4.78, 5) is 0. The first-order valence-electron chi connectivity index (χ1n) is 2.57. The monoisotopic (exact) mass is 126 g/mol. The van der Waals surface area contributed by atoms with Crippen LogP contribution in [-0.4, -0.2) is 4.57 Å². The highest BCUT2D eigenvalue weighted by molar-refractivity contribution is 4.94. The normalized spacial score (nSPS) is 9.56. The van der Waals surface area contributed by atoms with Gasteiger partial charge in [-0.05, 0) is 6.07 Å². The van der Waals surface area contributed by atoms with Gasteiger partial charge >= 0.3 is 0 Å². The zero-order valence-corrected chi connectivity index (χ0v) is 5.06. The predicted molar refractivity (Wildman–Crippen MR) is 31.2 cm³/mol. The molecule has 0 saturated carbocycles. The lowest BCUT2D eigenvalue weighted by molar-refractivity contribution is 0.612. The molecule has 9 heavy (non-hydrogen) atoms. The average molecular weight is 126 g/mol. The van der Waals surface area contributed by atoms with Gasteiger partial charge in [0.2, 0.25) is 0 Å². The number of aryl methyl sites for hydroxylation is 1. The van der Waals surface area contributed by atoms with Crippen molar-refractivity contribution in [2.45, 2.75) is 0 Å². The van der Waals surface area contributed by atoms with Gasteiger partial charge in [0.15, 0.2) is 0 Å². The molecule has 0 aromatic carbocycles. The summed E-state index contributed by atoms with van der Waals surface area (Å²) in [7, 11) is 1.70. The fourth-order valence-corrected chi connectivity index (χ4v) is 0.544. The molecule has 0 amide bonds. The van der Waals surface area contributed by atoms with Crippen molar-refractivity contribution < 1.29 is 4.39 Å². The number of hydrogen-bond acceptors (Lipinski definition) is 1. The molecule has 3 heteroatoms. The first-order valence-corrected chi connectivity index (χ1v) is 2.57. The maximum atomic E-state index is 12.2. The molecule has 0 unspecified atom stereocenters. The summed E-state index contributed by atoms with van der Waals surface area (Å²) in [5.74, 6) is -0.363. The lowest BCUT2D eigenvalue weighted by Crippen LogP contribution is -2.14. The van der Waals surface area contributed by atoms with Gasteiger partial charge in [-0.25, -0.2) is 4.39 Å². The Morgan fingerprint density at radius 1 is 1.67 bits per heavy atom. The third-order valence-electron chi connectivity index (χ3n) is 1.11. The molecule has 0 radical (unpaired) electrons. The lowest BCUT2D eigenvalue weighted by atomic mass is 10.4. The number of aromatic nitrogens is 1. The van der Waals surface area contributed by atoms with Crippen molar-refractivity contribution in [1.82, 2.24) is 4.57 Å². The van der Waals surface area contributed by atoms with E-state index in [4.69, 9.17) is 5.41 Å². The zero-order valence-electron chi connectivity index (χ0n) is 5.06. The highest BCUT2D eigenvalue weighted by atomic mass is 19.1. The van der Waals surface area contributed by atoms with E-state index in [0.29, 0.717) is 0 Å². The predicted octanol–water partition coefficient (Wildman–Crippen LogP) is 0.644. The van der Waals surface area contributed by atoms with E-state index in [1.165, 1.54) is 22.9 Å². The molecular formula is C6H7FN2. The van der Waals surface area contributed by atoms with Crippen LogP contribution in [0.5, 0.6) is 0 Å². The first kappa shape index (κ1) is 6.01. The molecule has 0 aliphatic rings. The van der Waals surface area contributed by atoms with Crippen LogP contribution in [0.15, 0.2) is 18.3 Å². The Bertz CT molecular complexity index is 264. The van der Waals surface area contributed by atoms with E-state index >= 15 is 0 Å². The van der Waals surface area contributed by atoms with Crippen LogP contribution < -0.4 is 5.49 Å². The van der Waals surface area contributed by atoms with Crippen LogP contribution in [-0.2, 0) is 7.05 Å². The molecule has 1 heterocycles. The average Bonchev–Trinajstić information content (AvgIpc) is 1.80. The van der Waals surface area contributed by atoms with E-state index in [1.807, 2.05) is 0 Å². The SMILES string of the molecule is Cn1ccc(F)cc1=N. The molecule has 0 atom stereocenters. The molecule has 0 aliphatic carbocycles. The summed E-state index contributed by atoms with van der Waals surface area (Å²) in [5, 5.41) is 7.08. The number of pyridine rings is 1. The highest BCUT2D eigenvalue weighted by Crippen LogP contribution is 1.87. The molecule has 1 N–H and O–H groups in total. The van der Waals surface area contributed by atoms with Crippen molar-refractivity contribution in [1.29, 1.82) is 5.41 Å². The van der Waals surface area contributed by atoms with E-state index in [9.17, 15) is 4.39 Å². The van der Waals surface area contributed by atoms with Crippen LogP contribution in [0.1, 0.15) is 0 Å². The molecule has 1 aromatic heterocycles. The van der Waals surface area contributed by atoms with Crippen LogP contribution in [0.3, 0.4) is 0 Å². The minimum absolute atomic E-state index is 0.176. The second-order valence-corrected chi connectivity index (χ2v) is 1.84. The molecule has 0 saturated heterocycles. The summed E-state index contributed by atoms with van der Waals surface area (Å²) in [5.41, 5.74) is 0.176. The maximum Gasteiger partial charge on any atom is 0.128 e. The Morgan fingerprint density at radius 2 is 2.33 bits per heavy atom. The van der Waals surface area contributed by atoms with Gasteiger partial charge in [0.1, 0.15) is 11.3 Å². The zero-order chi connectivity index (χ0) is 6.85. The number of halogens is 1. The minimum atomic E-state index is -0.363. The Hall–Kier alpha value is -1.12. The largest absolute Gasteiger partial charge is 0.336 e. The van der Waals surface area contributed by atoms with Crippen LogP contribution >= 0.6 is 0 Å².